The Morgan fingerprint density at radius 1 is 0.844 bits per heavy atom. The van der Waals surface area contributed by atoms with Gasteiger partial charge in [0.15, 0.2) is 0 Å². The van der Waals surface area contributed by atoms with E-state index in [0.717, 1.165) is 27.8 Å². The maximum atomic E-state index is 12.7. The molecule has 0 bridgehead atoms. The monoisotopic (exact) mass is 436 g/mol. The highest BCUT2D eigenvalue weighted by atomic mass is 16.5. The molecule has 0 aromatic heterocycles. The van der Waals surface area contributed by atoms with Crippen molar-refractivity contribution < 1.29 is 28.9 Å². The molecule has 6 nitrogen and oxygen atoms in total. The zero-order valence-electron chi connectivity index (χ0n) is 19.2. The van der Waals surface area contributed by atoms with E-state index in [1.807, 2.05) is 39.8 Å². The number of benzene rings is 2. The highest BCUT2D eigenvalue weighted by Crippen LogP contribution is 2.44. The van der Waals surface area contributed by atoms with Gasteiger partial charge in [-0.3, -0.25) is 0 Å². The number of hydrogen-bond acceptors (Lipinski definition) is 6. The van der Waals surface area contributed by atoms with Crippen LogP contribution in [-0.4, -0.2) is 31.3 Å². The largest absolute Gasteiger partial charge is 0.508 e. The molecule has 1 aliphatic rings. The average molecular weight is 437 g/mol. The van der Waals surface area contributed by atoms with Crippen molar-refractivity contribution in [2.75, 3.05) is 14.2 Å². The standard InChI is InChI=1S/C26H28O6/c1-14-11-15(2)22(26(29)31-6)23(21(14)25(28)30-5)18-12-16(3)24(17(4)13-18)32-20-9-7-19(27)8-10-20/h7-10,12-13,23,27H,11H2,1-6H3. The van der Waals surface area contributed by atoms with Crippen LogP contribution in [0.5, 0.6) is 17.2 Å². The molecular formula is C26H28O6. The predicted octanol–water partition coefficient (Wildman–Crippen LogP) is 5.27. The molecule has 0 atom stereocenters. The molecule has 3 rings (SSSR count). The summed E-state index contributed by atoms with van der Waals surface area (Å²) in [5.41, 5.74) is 5.15. The Kier molecular flexibility index (Phi) is 6.72. The molecule has 0 radical (unpaired) electrons. The third-order valence-electron chi connectivity index (χ3n) is 5.71. The van der Waals surface area contributed by atoms with E-state index in [4.69, 9.17) is 14.2 Å². The van der Waals surface area contributed by atoms with Crippen LogP contribution in [0.25, 0.3) is 0 Å². The number of aromatic hydroxyl groups is 1. The summed E-state index contributed by atoms with van der Waals surface area (Å²) in [7, 11) is 2.68. The molecule has 0 fully saturated rings. The van der Waals surface area contributed by atoms with Crippen molar-refractivity contribution in [1.82, 2.24) is 0 Å². The molecule has 0 saturated carbocycles. The lowest BCUT2D eigenvalue weighted by molar-refractivity contribution is -0.137. The van der Waals surface area contributed by atoms with Crippen molar-refractivity contribution >= 4 is 11.9 Å². The number of allylic oxidation sites excluding steroid dienone is 2. The minimum Gasteiger partial charge on any atom is -0.508 e. The topological polar surface area (TPSA) is 82.1 Å². The first-order valence-corrected chi connectivity index (χ1v) is 10.3. The molecule has 0 saturated heterocycles. The summed E-state index contributed by atoms with van der Waals surface area (Å²) in [5, 5.41) is 9.50. The summed E-state index contributed by atoms with van der Waals surface area (Å²) >= 11 is 0. The number of carbonyl (C=O) groups excluding carboxylic acids is 2. The Morgan fingerprint density at radius 3 is 1.75 bits per heavy atom. The summed E-state index contributed by atoms with van der Waals surface area (Å²) in [5.74, 6) is -0.0771. The lowest BCUT2D eigenvalue weighted by Crippen LogP contribution is -2.26. The minimum absolute atomic E-state index is 0.161. The van der Waals surface area contributed by atoms with Gasteiger partial charge in [-0.1, -0.05) is 23.3 Å². The van der Waals surface area contributed by atoms with Crippen molar-refractivity contribution in [3.63, 3.8) is 0 Å². The second-order valence-corrected chi connectivity index (χ2v) is 8.06. The molecule has 1 N–H and O–H groups in total. The second kappa shape index (κ2) is 9.30. The fourth-order valence-electron chi connectivity index (χ4n) is 4.31. The van der Waals surface area contributed by atoms with Crippen molar-refractivity contribution in [1.29, 1.82) is 0 Å². The number of carbonyl (C=O) groups is 2. The molecule has 168 valence electrons. The van der Waals surface area contributed by atoms with E-state index in [2.05, 4.69) is 0 Å². The zero-order valence-corrected chi connectivity index (χ0v) is 19.2. The number of aryl methyl sites for hydroxylation is 2. The minimum atomic E-state index is -0.594. The summed E-state index contributed by atoms with van der Waals surface area (Å²) in [6.45, 7) is 7.60. The van der Waals surface area contributed by atoms with Gasteiger partial charge in [-0.15, -0.1) is 0 Å². The first-order chi connectivity index (χ1) is 15.2. The van der Waals surface area contributed by atoms with E-state index in [1.165, 1.54) is 14.2 Å². The van der Waals surface area contributed by atoms with Gasteiger partial charge in [-0.2, -0.15) is 0 Å². The van der Waals surface area contributed by atoms with Crippen LogP contribution in [0.3, 0.4) is 0 Å². The van der Waals surface area contributed by atoms with Crippen molar-refractivity contribution in [2.24, 2.45) is 0 Å². The van der Waals surface area contributed by atoms with Crippen LogP contribution < -0.4 is 4.74 Å². The molecule has 0 heterocycles. The number of esters is 2. The zero-order chi connectivity index (χ0) is 23.6. The highest BCUT2D eigenvalue weighted by Gasteiger charge is 2.37. The predicted molar refractivity (Wildman–Crippen MR) is 121 cm³/mol. The fourth-order valence-corrected chi connectivity index (χ4v) is 4.31. The lowest BCUT2D eigenvalue weighted by atomic mass is 9.74. The van der Waals surface area contributed by atoms with E-state index in [0.29, 0.717) is 29.1 Å². The van der Waals surface area contributed by atoms with Crippen molar-refractivity contribution in [2.45, 2.75) is 40.0 Å². The average Bonchev–Trinajstić information content (AvgIpc) is 2.75. The van der Waals surface area contributed by atoms with Crippen LogP contribution >= 0.6 is 0 Å². The summed E-state index contributed by atoms with van der Waals surface area (Å²) < 4.78 is 16.2. The lowest BCUT2D eigenvalue weighted by Gasteiger charge is -2.30. The summed E-state index contributed by atoms with van der Waals surface area (Å²) in [6.07, 6.45) is 0.505. The number of rotatable bonds is 5. The molecule has 2 aromatic carbocycles. The number of ether oxygens (including phenoxy) is 3. The Bertz CT molecular complexity index is 1060. The van der Waals surface area contributed by atoms with Gasteiger partial charge in [0.25, 0.3) is 0 Å². The van der Waals surface area contributed by atoms with E-state index in [1.54, 1.807) is 24.3 Å². The Morgan fingerprint density at radius 2 is 1.31 bits per heavy atom. The van der Waals surface area contributed by atoms with Crippen LogP contribution in [0.1, 0.15) is 42.9 Å². The molecule has 6 heteroatoms. The summed E-state index contributed by atoms with van der Waals surface area (Å²) in [6, 6.07) is 10.3. The molecule has 1 aliphatic carbocycles. The number of hydrogen-bond donors (Lipinski definition) is 1. The smallest absolute Gasteiger partial charge is 0.334 e. The van der Waals surface area contributed by atoms with Gasteiger partial charge in [0.05, 0.1) is 14.2 Å². The first-order valence-electron chi connectivity index (χ1n) is 10.3. The van der Waals surface area contributed by atoms with Gasteiger partial charge in [0.1, 0.15) is 17.2 Å². The van der Waals surface area contributed by atoms with Gasteiger partial charge in [-0.05, 0) is 75.1 Å². The molecule has 0 spiro atoms. The second-order valence-electron chi connectivity index (χ2n) is 8.06. The first kappa shape index (κ1) is 23.1. The maximum Gasteiger partial charge on any atom is 0.334 e. The SMILES string of the molecule is COC(=O)C1=C(C)CC(C)=C(C(=O)OC)C1c1cc(C)c(Oc2ccc(O)cc2)c(C)c1. The van der Waals surface area contributed by atoms with Gasteiger partial charge >= 0.3 is 11.9 Å². The van der Waals surface area contributed by atoms with Gasteiger partial charge in [0, 0.05) is 17.1 Å². The van der Waals surface area contributed by atoms with Crippen LogP contribution in [0.15, 0.2) is 58.7 Å². The Hall–Kier alpha value is -3.54. The molecule has 2 aromatic rings. The fraction of sp³-hybridized carbons (Fsp3) is 0.308. The number of phenols is 1. The van der Waals surface area contributed by atoms with Gasteiger partial charge in [0.2, 0.25) is 0 Å². The van der Waals surface area contributed by atoms with Crippen LogP contribution in [0.4, 0.5) is 0 Å². The molecule has 0 aliphatic heterocycles. The molecule has 0 unspecified atom stereocenters. The third-order valence-corrected chi connectivity index (χ3v) is 5.71. The molecule has 32 heavy (non-hydrogen) atoms. The van der Waals surface area contributed by atoms with Crippen LogP contribution in [0.2, 0.25) is 0 Å². The number of methoxy groups -OCH3 is 2. The maximum absolute atomic E-state index is 12.7. The van der Waals surface area contributed by atoms with E-state index in [-0.39, 0.29) is 5.75 Å². The number of phenolic OH excluding ortho intramolecular Hbond substituents is 1. The van der Waals surface area contributed by atoms with Gasteiger partial charge < -0.3 is 19.3 Å². The highest BCUT2D eigenvalue weighted by molar-refractivity contribution is 6.00. The molecule has 0 amide bonds. The third kappa shape index (κ3) is 4.40. The quantitative estimate of drug-likeness (QED) is 0.643. The van der Waals surface area contributed by atoms with E-state index >= 15 is 0 Å². The molecular weight excluding hydrogens is 408 g/mol. The van der Waals surface area contributed by atoms with Crippen LogP contribution in [-0.2, 0) is 19.1 Å². The normalized spacial score (nSPS) is 14.4. The Balaban J connectivity index is 2.13. The Labute approximate surface area is 188 Å². The van der Waals surface area contributed by atoms with E-state index < -0.39 is 17.9 Å². The van der Waals surface area contributed by atoms with Crippen LogP contribution in [0, 0.1) is 13.8 Å². The van der Waals surface area contributed by atoms with Gasteiger partial charge in [-0.25, -0.2) is 9.59 Å². The van der Waals surface area contributed by atoms with Crippen molar-refractivity contribution in [3.8, 4) is 17.2 Å². The van der Waals surface area contributed by atoms with E-state index in [9.17, 15) is 14.7 Å². The van der Waals surface area contributed by atoms with Crippen molar-refractivity contribution in [3.05, 3.63) is 75.4 Å². The summed E-state index contributed by atoms with van der Waals surface area (Å²) in [4.78, 5) is 25.5.